The fourth-order valence-corrected chi connectivity index (χ4v) is 3.16. The average molecular weight is 370 g/mol. The summed E-state index contributed by atoms with van der Waals surface area (Å²) in [4.78, 5) is 29.3. The summed E-state index contributed by atoms with van der Waals surface area (Å²) in [6, 6.07) is 20.5. The summed E-state index contributed by atoms with van der Waals surface area (Å²) in [5.41, 5.74) is 3.00. The number of ether oxygens (including phenoxy) is 1. The first-order chi connectivity index (χ1) is 13.7. The maximum atomic E-state index is 13.2. The molecule has 0 saturated heterocycles. The van der Waals surface area contributed by atoms with E-state index in [-0.39, 0.29) is 5.43 Å². The number of nitrogens with one attached hydrogen (secondary N) is 1. The lowest BCUT2D eigenvalue weighted by atomic mass is 10.1. The molecule has 28 heavy (non-hydrogen) atoms. The number of fused-ring (bicyclic) bond motifs is 2. The molecule has 0 aliphatic carbocycles. The maximum absolute atomic E-state index is 13.2. The summed E-state index contributed by atoms with van der Waals surface area (Å²) in [5, 5.41) is 4.50. The number of benzene rings is 2. The van der Waals surface area contributed by atoms with Gasteiger partial charge in [-0.05, 0) is 48.2 Å². The summed E-state index contributed by atoms with van der Waals surface area (Å²) < 4.78 is 4.90. The summed E-state index contributed by atoms with van der Waals surface area (Å²) >= 11 is 0. The molecule has 4 rings (SSSR count). The van der Waals surface area contributed by atoms with E-state index < -0.39 is 6.09 Å². The second-order valence-corrected chi connectivity index (χ2v) is 6.33. The highest BCUT2D eigenvalue weighted by Gasteiger charge is 2.08. The normalized spacial score (nSPS) is 10.8. The van der Waals surface area contributed by atoms with Crippen molar-refractivity contribution in [1.82, 2.24) is 4.98 Å². The Bertz CT molecular complexity index is 1240. The van der Waals surface area contributed by atoms with Crippen LogP contribution in [0.15, 0.2) is 77.7 Å². The van der Waals surface area contributed by atoms with Crippen LogP contribution in [0.4, 0.5) is 10.5 Å². The number of pyridine rings is 1. The highest BCUT2D eigenvalue weighted by molar-refractivity contribution is 5.96. The molecule has 1 heterocycles. The quantitative estimate of drug-likeness (QED) is 0.552. The number of amides is 1. The van der Waals surface area contributed by atoms with E-state index in [9.17, 15) is 9.59 Å². The van der Waals surface area contributed by atoms with Gasteiger partial charge in [-0.15, -0.1) is 0 Å². The SMILES string of the molecule is CCOC(=O)Nc1ccc2c(=O)c3cc(-c4ccccc4)cnc3ccc2c1. The van der Waals surface area contributed by atoms with Crippen LogP contribution in [0.5, 0.6) is 0 Å². The Morgan fingerprint density at radius 2 is 1.79 bits per heavy atom. The molecule has 0 spiro atoms. The third-order valence-electron chi connectivity index (χ3n) is 4.51. The molecule has 0 aliphatic rings. The minimum absolute atomic E-state index is 0.0945. The molecule has 1 aromatic heterocycles. The predicted molar refractivity (Wildman–Crippen MR) is 112 cm³/mol. The molecule has 0 fully saturated rings. The van der Waals surface area contributed by atoms with Gasteiger partial charge in [0.1, 0.15) is 0 Å². The predicted octanol–water partition coefficient (Wildman–Crippen LogP) is 4.98. The van der Waals surface area contributed by atoms with Crippen molar-refractivity contribution in [2.75, 3.05) is 11.9 Å². The van der Waals surface area contributed by atoms with Crippen LogP contribution < -0.4 is 10.7 Å². The highest BCUT2D eigenvalue weighted by Crippen LogP contribution is 2.23. The zero-order chi connectivity index (χ0) is 19.5. The van der Waals surface area contributed by atoms with E-state index in [1.165, 1.54) is 0 Å². The van der Waals surface area contributed by atoms with Gasteiger partial charge in [-0.25, -0.2) is 4.79 Å². The van der Waals surface area contributed by atoms with Crippen LogP contribution in [0.2, 0.25) is 0 Å². The fourth-order valence-electron chi connectivity index (χ4n) is 3.16. The van der Waals surface area contributed by atoms with Gasteiger partial charge < -0.3 is 4.74 Å². The van der Waals surface area contributed by atoms with Crippen molar-refractivity contribution in [3.8, 4) is 11.1 Å². The summed E-state index contributed by atoms with van der Waals surface area (Å²) in [6.07, 6.45) is 1.25. The molecule has 0 bridgehead atoms. The topological polar surface area (TPSA) is 68.3 Å². The molecule has 1 amide bonds. The Morgan fingerprint density at radius 3 is 2.57 bits per heavy atom. The summed E-state index contributed by atoms with van der Waals surface area (Å²) in [5.74, 6) is 0. The number of carbonyl (C=O) groups is 1. The molecular formula is C23H18N2O3. The number of anilines is 1. The van der Waals surface area contributed by atoms with Crippen LogP contribution in [0, 0.1) is 0 Å². The van der Waals surface area contributed by atoms with E-state index in [1.54, 1.807) is 31.3 Å². The lowest BCUT2D eigenvalue weighted by molar-refractivity contribution is 0.168. The van der Waals surface area contributed by atoms with Crippen LogP contribution in [-0.2, 0) is 4.74 Å². The smallest absolute Gasteiger partial charge is 0.411 e. The van der Waals surface area contributed by atoms with E-state index >= 15 is 0 Å². The van der Waals surface area contributed by atoms with E-state index in [0.29, 0.717) is 28.6 Å². The zero-order valence-electron chi connectivity index (χ0n) is 15.3. The number of nitrogens with zero attached hydrogens (tertiary/aromatic N) is 1. The molecule has 1 N–H and O–H groups in total. The Balaban J connectivity index is 1.85. The lowest BCUT2D eigenvalue weighted by Gasteiger charge is -2.05. The first-order valence-electron chi connectivity index (χ1n) is 9.02. The minimum Gasteiger partial charge on any atom is -0.450 e. The van der Waals surface area contributed by atoms with Crippen molar-refractivity contribution in [3.05, 3.63) is 83.2 Å². The van der Waals surface area contributed by atoms with Gasteiger partial charge in [-0.2, -0.15) is 0 Å². The Labute approximate surface area is 161 Å². The van der Waals surface area contributed by atoms with E-state index in [2.05, 4.69) is 10.3 Å². The molecule has 0 atom stereocenters. The van der Waals surface area contributed by atoms with Crippen LogP contribution in [0.25, 0.3) is 32.8 Å². The lowest BCUT2D eigenvalue weighted by Crippen LogP contribution is -2.13. The van der Waals surface area contributed by atoms with Gasteiger partial charge in [0, 0.05) is 28.2 Å². The number of hydrogen-bond donors (Lipinski definition) is 1. The van der Waals surface area contributed by atoms with Crippen LogP contribution in [0.1, 0.15) is 6.92 Å². The first kappa shape index (κ1) is 17.7. The molecule has 5 nitrogen and oxygen atoms in total. The van der Waals surface area contributed by atoms with Crippen molar-refractivity contribution < 1.29 is 9.53 Å². The number of rotatable bonds is 3. The molecule has 0 unspecified atom stereocenters. The monoisotopic (exact) mass is 370 g/mol. The average Bonchev–Trinajstić information content (AvgIpc) is 2.85. The molecule has 4 aromatic rings. The van der Waals surface area contributed by atoms with Gasteiger partial charge in [0.05, 0.1) is 12.1 Å². The van der Waals surface area contributed by atoms with E-state index in [1.807, 2.05) is 48.5 Å². The maximum Gasteiger partial charge on any atom is 0.411 e. The molecule has 5 heteroatoms. The third-order valence-corrected chi connectivity index (χ3v) is 4.51. The highest BCUT2D eigenvalue weighted by atomic mass is 16.5. The second-order valence-electron chi connectivity index (χ2n) is 6.33. The van der Waals surface area contributed by atoms with Gasteiger partial charge in [-0.3, -0.25) is 15.1 Å². The molecule has 0 radical (unpaired) electrons. The molecule has 138 valence electrons. The molecular weight excluding hydrogens is 352 g/mol. The van der Waals surface area contributed by atoms with Gasteiger partial charge in [-0.1, -0.05) is 36.4 Å². The van der Waals surface area contributed by atoms with Gasteiger partial charge in [0.25, 0.3) is 0 Å². The number of hydrogen-bond acceptors (Lipinski definition) is 4. The standard InChI is InChI=1S/C23H18N2O3/c1-2-28-23(27)25-18-9-10-19-16(12-18)8-11-21-20(22(19)26)13-17(14-24-21)15-6-4-3-5-7-15/h3-14H,2H2,1H3,(H,25,27). The van der Waals surface area contributed by atoms with Gasteiger partial charge in [0.2, 0.25) is 0 Å². The minimum atomic E-state index is -0.524. The summed E-state index contributed by atoms with van der Waals surface area (Å²) in [7, 11) is 0. The largest absolute Gasteiger partial charge is 0.450 e. The van der Waals surface area contributed by atoms with Gasteiger partial charge >= 0.3 is 6.09 Å². The first-order valence-corrected chi connectivity index (χ1v) is 9.02. The number of aromatic nitrogens is 1. The van der Waals surface area contributed by atoms with Crippen molar-refractivity contribution in [2.45, 2.75) is 6.92 Å². The third kappa shape index (κ3) is 3.42. The van der Waals surface area contributed by atoms with Crippen LogP contribution in [-0.4, -0.2) is 17.7 Å². The molecule has 0 saturated carbocycles. The van der Waals surface area contributed by atoms with Crippen molar-refractivity contribution in [3.63, 3.8) is 0 Å². The zero-order valence-corrected chi connectivity index (χ0v) is 15.3. The number of carbonyl (C=O) groups excluding carboxylic acids is 1. The van der Waals surface area contributed by atoms with Gasteiger partial charge in [0.15, 0.2) is 5.43 Å². The summed E-state index contributed by atoms with van der Waals surface area (Å²) in [6.45, 7) is 2.03. The Kier molecular flexibility index (Phi) is 4.72. The van der Waals surface area contributed by atoms with Crippen LogP contribution >= 0.6 is 0 Å². The second kappa shape index (κ2) is 7.48. The fraction of sp³-hybridized carbons (Fsp3) is 0.0870. The molecule has 3 aromatic carbocycles. The van der Waals surface area contributed by atoms with Crippen molar-refractivity contribution in [2.24, 2.45) is 0 Å². The van der Waals surface area contributed by atoms with E-state index in [4.69, 9.17) is 4.74 Å². The van der Waals surface area contributed by atoms with E-state index in [0.717, 1.165) is 16.5 Å². The molecule has 0 aliphatic heterocycles. The Hall–Kier alpha value is -3.73. The van der Waals surface area contributed by atoms with Crippen molar-refractivity contribution >= 4 is 33.5 Å². The Morgan fingerprint density at radius 1 is 0.964 bits per heavy atom. The van der Waals surface area contributed by atoms with Crippen LogP contribution in [0.3, 0.4) is 0 Å². The van der Waals surface area contributed by atoms with Crippen molar-refractivity contribution in [1.29, 1.82) is 0 Å².